The Kier molecular flexibility index (Phi) is 4.20. The molecule has 1 amide bonds. The number of benzene rings is 2. The Morgan fingerprint density at radius 2 is 2.08 bits per heavy atom. The van der Waals surface area contributed by atoms with Gasteiger partial charge in [0.05, 0.1) is 18.9 Å². The topological polar surface area (TPSA) is 75.8 Å². The number of aromatic nitrogens is 1. The van der Waals surface area contributed by atoms with Crippen LogP contribution in [0, 0.1) is 0 Å². The number of hydrazone groups is 1. The lowest BCUT2D eigenvalue weighted by atomic mass is 10.2. The van der Waals surface area contributed by atoms with Crippen LogP contribution in [0.1, 0.15) is 15.9 Å². The van der Waals surface area contributed by atoms with Gasteiger partial charge in [0, 0.05) is 24.1 Å². The van der Waals surface area contributed by atoms with Crippen molar-refractivity contribution in [2.24, 2.45) is 12.1 Å². The number of methoxy groups -OCH3 is 1. The van der Waals surface area contributed by atoms with Crippen LogP contribution >= 0.6 is 0 Å². The van der Waals surface area contributed by atoms with E-state index >= 15 is 0 Å². The van der Waals surface area contributed by atoms with Gasteiger partial charge < -0.3 is 14.4 Å². The SMILES string of the molecule is COc1cc(/C=N/NC(=O)c2cn(C)c3ccccc23)ccc1O. The van der Waals surface area contributed by atoms with Gasteiger partial charge in [0.1, 0.15) is 0 Å². The van der Waals surface area contributed by atoms with Crippen molar-refractivity contribution in [2.75, 3.05) is 7.11 Å². The number of phenols is 1. The summed E-state index contributed by atoms with van der Waals surface area (Å²) in [4.78, 5) is 12.3. The van der Waals surface area contributed by atoms with E-state index in [4.69, 9.17) is 4.74 Å². The van der Waals surface area contributed by atoms with Crippen molar-refractivity contribution in [1.82, 2.24) is 9.99 Å². The number of carbonyl (C=O) groups is 1. The molecule has 3 rings (SSSR count). The molecular formula is C18H17N3O3. The highest BCUT2D eigenvalue weighted by Gasteiger charge is 2.12. The van der Waals surface area contributed by atoms with Crippen molar-refractivity contribution in [3.05, 3.63) is 59.8 Å². The smallest absolute Gasteiger partial charge is 0.273 e. The molecule has 0 atom stereocenters. The van der Waals surface area contributed by atoms with Gasteiger partial charge in [0.2, 0.25) is 0 Å². The average Bonchev–Trinajstić information content (AvgIpc) is 2.94. The van der Waals surface area contributed by atoms with Crippen molar-refractivity contribution in [3.8, 4) is 11.5 Å². The van der Waals surface area contributed by atoms with Crippen LogP contribution in [0.2, 0.25) is 0 Å². The lowest BCUT2D eigenvalue weighted by Crippen LogP contribution is -2.17. The quantitative estimate of drug-likeness (QED) is 0.572. The number of carbonyl (C=O) groups excluding carboxylic acids is 1. The molecule has 122 valence electrons. The van der Waals surface area contributed by atoms with Crippen molar-refractivity contribution in [2.45, 2.75) is 0 Å². The summed E-state index contributed by atoms with van der Waals surface area (Å²) in [6.45, 7) is 0. The van der Waals surface area contributed by atoms with E-state index in [-0.39, 0.29) is 11.7 Å². The summed E-state index contributed by atoms with van der Waals surface area (Å²) in [5.74, 6) is 0.113. The van der Waals surface area contributed by atoms with E-state index in [9.17, 15) is 9.90 Å². The minimum atomic E-state index is -0.284. The monoisotopic (exact) mass is 323 g/mol. The van der Waals surface area contributed by atoms with Gasteiger partial charge >= 0.3 is 0 Å². The lowest BCUT2D eigenvalue weighted by Gasteiger charge is -2.03. The second-order valence-electron chi connectivity index (χ2n) is 5.30. The highest BCUT2D eigenvalue weighted by molar-refractivity contribution is 6.07. The fourth-order valence-corrected chi connectivity index (χ4v) is 2.52. The standard InChI is InChI=1S/C18H17N3O3/c1-21-11-14(13-5-3-4-6-15(13)21)18(23)20-19-10-12-7-8-16(22)17(9-12)24-2/h3-11,22H,1-2H3,(H,20,23)/b19-10+. The number of nitrogens with zero attached hydrogens (tertiary/aromatic N) is 2. The Morgan fingerprint density at radius 3 is 2.88 bits per heavy atom. The number of amides is 1. The van der Waals surface area contributed by atoms with Crippen LogP contribution in [-0.4, -0.2) is 28.9 Å². The van der Waals surface area contributed by atoms with Gasteiger partial charge in [0.15, 0.2) is 11.5 Å². The number of rotatable bonds is 4. The molecule has 0 radical (unpaired) electrons. The summed E-state index contributed by atoms with van der Waals surface area (Å²) in [6.07, 6.45) is 3.27. The Labute approximate surface area is 139 Å². The molecule has 2 aromatic carbocycles. The van der Waals surface area contributed by atoms with Crippen LogP contribution in [0.4, 0.5) is 0 Å². The van der Waals surface area contributed by atoms with E-state index in [0.29, 0.717) is 16.9 Å². The number of fused-ring (bicyclic) bond motifs is 1. The first-order valence-electron chi connectivity index (χ1n) is 7.34. The molecular weight excluding hydrogens is 306 g/mol. The summed E-state index contributed by atoms with van der Waals surface area (Å²) >= 11 is 0. The third-order valence-corrected chi connectivity index (χ3v) is 3.73. The Morgan fingerprint density at radius 1 is 1.29 bits per heavy atom. The summed E-state index contributed by atoms with van der Waals surface area (Å²) in [5.41, 5.74) is 4.76. The summed E-state index contributed by atoms with van der Waals surface area (Å²) in [5, 5.41) is 14.4. The zero-order chi connectivity index (χ0) is 17.1. The first-order chi connectivity index (χ1) is 11.6. The maximum absolute atomic E-state index is 12.3. The Hall–Kier alpha value is -3.28. The number of ether oxygens (including phenoxy) is 1. The molecule has 0 saturated carbocycles. The van der Waals surface area contributed by atoms with Crippen LogP contribution in [0.25, 0.3) is 10.9 Å². The van der Waals surface area contributed by atoms with E-state index in [1.807, 2.05) is 35.9 Å². The molecule has 0 fully saturated rings. The number of phenolic OH excluding ortho intramolecular Hbond substituents is 1. The van der Waals surface area contributed by atoms with Crippen LogP contribution in [0.15, 0.2) is 53.8 Å². The van der Waals surface area contributed by atoms with Crippen molar-refractivity contribution in [3.63, 3.8) is 0 Å². The van der Waals surface area contributed by atoms with Gasteiger partial charge in [-0.25, -0.2) is 5.43 Å². The largest absolute Gasteiger partial charge is 0.504 e. The van der Waals surface area contributed by atoms with Crippen LogP contribution in [0.3, 0.4) is 0 Å². The number of aryl methyl sites for hydroxylation is 1. The van der Waals surface area contributed by atoms with Crippen LogP contribution in [0.5, 0.6) is 11.5 Å². The second-order valence-corrected chi connectivity index (χ2v) is 5.30. The molecule has 2 N–H and O–H groups in total. The normalized spacial score (nSPS) is 11.1. The third-order valence-electron chi connectivity index (χ3n) is 3.73. The molecule has 1 heterocycles. The van der Waals surface area contributed by atoms with Crippen molar-refractivity contribution in [1.29, 1.82) is 0 Å². The maximum atomic E-state index is 12.3. The third kappa shape index (κ3) is 2.94. The molecule has 0 aliphatic rings. The second kappa shape index (κ2) is 6.45. The summed E-state index contributed by atoms with van der Waals surface area (Å²) in [6, 6.07) is 12.5. The van der Waals surface area contributed by atoms with Crippen molar-refractivity contribution < 1.29 is 14.6 Å². The summed E-state index contributed by atoms with van der Waals surface area (Å²) in [7, 11) is 3.36. The number of aromatic hydroxyl groups is 1. The van der Waals surface area contributed by atoms with E-state index in [1.54, 1.807) is 18.3 Å². The molecule has 3 aromatic rings. The molecule has 24 heavy (non-hydrogen) atoms. The fourth-order valence-electron chi connectivity index (χ4n) is 2.52. The van der Waals surface area contributed by atoms with E-state index < -0.39 is 0 Å². The Balaban J connectivity index is 1.77. The average molecular weight is 323 g/mol. The predicted molar refractivity (Wildman–Crippen MR) is 92.6 cm³/mol. The number of nitrogens with one attached hydrogen (secondary N) is 1. The van der Waals surface area contributed by atoms with Gasteiger partial charge in [-0.15, -0.1) is 0 Å². The molecule has 0 aliphatic heterocycles. The first-order valence-corrected chi connectivity index (χ1v) is 7.34. The predicted octanol–water partition coefficient (Wildman–Crippen LogP) is 2.66. The number of hydrogen-bond donors (Lipinski definition) is 2. The van der Waals surface area contributed by atoms with E-state index in [1.165, 1.54) is 19.4 Å². The van der Waals surface area contributed by atoms with Gasteiger partial charge in [-0.05, 0) is 29.8 Å². The molecule has 0 aliphatic carbocycles. The minimum Gasteiger partial charge on any atom is -0.504 e. The first kappa shape index (κ1) is 15.6. The number of para-hydroxylation sites is 1. The molecule has 0 unspecified atom stereocenters. The van der Waals surface area contributed by atoms with Gasteiger partial charge in [-0.3, -0.25) is 4.79 Å². The maximum Gasteiger partial charge on any atom is 0.273 e. The van der Waals surface area contributed by atoms with Crippen LogP contribution in [-0.2, 0) is 7.05 Å². The summed E-state index contributed by atoms with van der Waals surface area (Å²) < 4.78 is 6.93. The zero-order valence-corrected chi connectivity index (χ0v) is 13.4. The fraction of sp³-hybridized carbons (Fsp3) is 0.111. The van der Waals surface area contributed by atoms with Gasteiger partial charge in [-0.1, -0.05) is 18.2 Å². The van der Waals surface area contributed by atoms with Gasteiger partial charge in [0.25, 0.3) is 5.91 Å². The van der Waals surface area contributed by atoms with Crippen molar-refractivity contribution >= 4 is 23.0 Å². The lowest BCUT2D eigenvalue weighted by molar-refractivity contribution is 0.0956. The highest BCUT2D eigenvalue weighted by Crippen LogP contribution is 2.25. The van der Waals surface area contributed by atoms with E-state index in [2.05, 4.69) is 10.5 Å². The van der Waals surface area contributed by atoms with Gasteiger partial charge in [-0.2, -0.15) is 5.10 Å². The molecule has 6 nitrogen and oxygen atoms in total. The molecule has 0 bridgehead atoms. The highest BCUT2D eigenvalue weighted by atomic mass is 16.5. The zero-order valence-electron chi connectivity index (χ0n) is 13.4. The number of hydrogen-bond acceptors (Lipinski definition) is 4. The molecule has 0 spiro atoms. The van der Waals surface area contributed by atoms with Crippen LogP contribution < -0.4 is 10.2 Å². The molecule has 0 saturated heterocycles. The Bertz CT molecular complexity index is 928. The molecule has 6 heteroatoms. The van der Waals surface area contributed by atoms with E-state index in [0.717, 1.165) is 10.9 Å². The minimum absolute atomic E-state index is 0.0504. The molecule has 1 aromatic heterocycles.